The molecule has 0 fully saturated rings. The van der Waals surface area contributed by atoms with Gasteiger partial charge in [-0.3, -0.25) is 4.79 Å². The van der Waals surface area contributed by atoms with Crippen molar-refractivity contribution in [2.45, 2.75) is 26.3 Å². The fourth-order valence-corrected chi connectivity index (χ4v) is 1.76. The van der Waals surface area contributed by atoms with E-state index < -0.39 is 5.82 Å². The molecule has 1 rings (SSSR count). The lowest BCUT2D eigenvalue weighted by Crippen LogP contribution is -2.43. The van der Waals surface area contributed by atoms with Crippen LogP contribution in [-0.2, 0) is 4.79 Å². The van der Waals surface area contributed by atoms with Crippen LogP contribution in [0.4, 0.5) is 4.39 Å². The molecule has 0 aromatic heterocycles. The largest absolute Gasteiger partial charge is 0.481 e. The molecule has 1 unspecified atom stereocenters. The van der Waals surface area contributed by atoms with Crippen molar-refractivity contribution in [2.24, 2.45) is 11.7 Å². The fourth-order valence-electron chi connectivity index (χ4n) is 1.76. The van der Waals surface area contributed by atoms with Crippen molar-refractivity contribution >= 4 is 5.91 Å². The molecular weight excluding hydrogens is 247 g/mol. The van der Waals surface area contributed by atoms with Crippen LogP contribution >= 0.6 is 0 Å². The van der Waals surface area contributed by atoms with E-state index in [1.54, 1.807) is 12.1 Å². The van der Waals surface area contributed by atoms with Gasteiger partial charge in [0.2, 0.25) is 0 Å². The minimum Gasteiger partial charge on any atom is -0.481 e. The van der Waals surface area contributed by atoms with E-state index in [2.05, 4.69) is 19.2 Å². The molecule has 106 valence electrons. The van der Waals surface area contributed by atoms with E-state index in [1.807, 2.05) is 0 Å². The summed E-state index contributed by atoms with van der Waals surface area (Å²) >= 11 is 0. The Morgan fingerprint density at radius 3 is 2.68 bits per heavy atom. The average Bonchev–Trinajstić information content (AvgIpc) is 2.36. The zero-order valence-corrected chi connectivity index (χ0v) is 11.4. The molecule has 0 aliphatic carbocycles. The average molecular weight is 268 g/mol. The Labute approximate surface area is 113 Å². The summed E-state index contributed by atoms with van der Waals surface area (Å²) < 4.78 is 18.4. The van der Waals surface area contributed by atoms with Gasteiger partial charge in [-0.15, -0.1) is 0 Å². The number of benzene rings is 1. The van der Waals surface area contributed by atoms with Crippen LogP contribution in [0.25, 0.3) is 0 Å². The van der Waals surface area contributed by atoms with Crippen molar-refractivity contribution in [1.82, 2.24) is 5.32 Å². The highest BCUT2D eigenvalue weighted by Crippen LogP contribution is 2.14. The second-order valence-corrected chi connectivity index (χ2v) is 4.85. The van der Waals surface area contributed by atoms with Gasteiger partial charge in [0.25, 0.3) is 5.91 Å². The van der Waals surface area contributed by atoms with Gasteiger partial charge in [-0.1, -0.05) is 26.0 Å². The molecule has 1 atom stereocenters. The zero-order valence-electron chi connectivity index (χ0n) is 11.4. The van der Waals surface area contributed by atoms with Crippen molar-refractivity contribution in [3.05, 3.63) is 30.1 Å². The normalized spacial score (nSPS) is 12.3. The number of amides is 1. The van der Waals surface area contributed by atoms with Gasteiger partial charge >= 0.3 is 0 Å². The lowest BCUT2D eigenvalue weighted by atomic mass is 10.0. The Hall–Kier alpha value is -1.62. The highest BCUT2D eigenvalue weighted by Gasteiger charge is 2.13. The molecule has 1 amide bonds. The molecule has 0 saturated heterocycles. The van der Waals surface area contributed by atoms with Gasteiger partial charge in [-0.2, -0.15) is 0 Å². The van der Waals surface area contributed by atoms with Crippen LogP contribution in [0.3, 0.4) is 0 Å². The van der Waals surface area contributed by atoms with Gasteiger partial charge in [-0.05, 0) is 24.5 Å². The fraction of sp³-hybridized carbons (Fsp3) is 0.500. The topological polar surface area (TPSA) is 64.3 Å². The maximum absolute atomic E-state index is 13.3. The minimum absolute atomic E-state index is 0.0725. The van der Waals surface area contributed by atoms with E-state index in [0.717, 1.165) is 6.42 Å². The molecule has 0 aliphatic rings. The molecule has 19 heavy (non-hydrogen) atoms. The van der Waals surface area contributed by atoms with E-state index in [1.165, 1.54) is 12.1 Å². The quantitative estimate of drug-likeness (QED) is 0.791. The van der Waals surface area contributed by atoms with Crippen LogP contribution in [0.2, 0.25) is 0 Å². The standard InChI is InChI=1S/C14H21FN2O2/c1-10(2)7-11(8-16)17-14(18)9-19-13-6-4-3-5-12(13)15/h3-6,10-11H,7-9,16H2,1-2H3,(H,17,18). The molecule has 4 nitrogen and oxygen atoms in total. The summed E-state index contributed by atoms with van der Waals surface area (Å²) in [4.78, 5) is 11.7. The first-order valence-electron chi connectivity index (χ1n) is 6.39. The third-order valence-corrected chi connectivity index (χ3v) is 2.60. The van der Waals surface area contributed by atoms with Gasteiger partial charge in [0, 0.05) is 12.6 Å². The first-order valence-corrected chi connectivity index (χ1v) is 6.39. The van der Waals surface area contributed by atoms with E-state index in [4.69, 9.17) is 10.5 Å². The number of nitrogens with two attached hydrogens (primary N) is 1. The number of ether oxygens (including phenoxy) is 1. The number of hydrogen-bond acceptors (Lipinski definition) is 3. The van der Waals surface area contributed by atoms with Crippen LogP contribution in [0.1, 0.15) is 20.3 Å². The molecule has 0 spiro atoms. The first-order chi connectivity index (χ1) is 9.02. The maximum Gasteiger partial charge on any atom is 0.258 e. The summed E-state index contributed by atoms with van der Waals surface area (Å²) in [5.74, 6) is -0.251. The van der Waals surface area contributed by atoms with Crippen molar-refractivity contribution in [1.29, 1.82) is 0 Å². The molecule has 1 aromatic carbocycles. The zero-order chi connectivity index (χ0) is 14.3. The molecule has 0 radical (unpaired) electrons. The van der Waals surface area contributed by atoms with Crippen molar-refractivity contribution < 1.29 is 13.9 Å². The van der Waals surface area contributed by atoms with Crippen molar-refractivity contribution in [3.8, 4) is 5.75 Å². The Kier molecular flexibility index (Phi) is 6.29. The smallest absolute Gasteiger partial charge is 0.258 e. The summed E-state index contributed by atoms with van der Waals surface area (Å²) in [5.41, 5.74) is 5.59. The molecule has 0 saturated carbocycles. The Balaban J connectivity index is 2.41. The number of nitrogens with one attached hydrogen (secondary N) is 1. The predicted molar refractivity (Wildman–Crippen MR) is 72.3 cm³/mol. The monoisotopic (exact) mass is 268 g/mol. The van der Waals surface area contributed by atoms with Gasteiger partial charge in [-0.25, -0.2) is 4.39 Å². The van der Waals surface area contributed by atoms with Crippen LogP contribution in [0.5, 0.6) is 5.75 Å². The van der Waals surface area contributed by atoms with Crippen molar-refractivity contribution in [3.63, 3.8) is 0 Å². The third kappa shape index (κ3) is 5.70. The van der Waals surface area contributed by atoms with Gasteiger partial charge < -0.3 is 15.8 Å². The lowest BCUT2D eigenvalue weighted by Gasteiger charge is -2.18. The number of rotatable bonds is 7. The molecule has 0 aliphatic heterocycles. The van der Waals surface area contributed by atoms with Gasteiger partial charge in [0.1, 0.15) is 0 Å². The van der Waals surface area contributed by atoms with Crippen LogP contribution in [-0.4, -0.2) is 25.1 Å². The molecule has 3 N–H and O–H groups in total. The highest BCUT2D eigenvalue weighted by atomic mass is 19.1. The lowest BCUT2D eigenvalue weighted by molar-refractivity contribution is -0.123. The van der Waals surface area contributed by atoms with E-state index in [-0.39, 0.29) is 24.3 Å². The summed E-state index contributed by atoms with van der Waals surface area (Å²) in [5, 5.41) is 2.78. The molecular formula is C14H21FN2O2. The number of para-hydroxylation sites is 1. The number of carbonyl (C=O) groups excluding carboxylic acids is 1. The summed E-state index contributed by atoms with van der Waals surface area (Å²) in [7, 11) is 0. The van der Waals surface area contributed by atoms with E-state index >= 15 is 0 Å². The Morgan fingerprint density at radius 2 is 2.11 bits per heavy atom. The van der Waals surface area contributed by atoms with Crippen LogP contribution in [0, 0.1) is 11.7 Å². The SMILES string of the molecule is CC(C)CC(CN)NC(=O)COc1ccccc1F. The highest BCUT2D eigenvalue weighted by molar-refractivity contribution is 5.77. The van der Waals surface area contributed by atoms with Crippen LogP contribution < -0.4 is 15.8 Å². The van der Waals surface area contributed by atoms with Gasteiger partial charge in [0.15, 0.2) is 18.2 Å². The van der Waals surface area contributed by atoms with E-state index in [9.17, 15) is 9.18 Å². The predicted octanol–water partition coefficient (Wildman–Crippen LogP) is 1.69. The molecule has 1 aromatic rings. The maximum atomic E-state index is 13.3. The second-order valence-electron chi connectivity index (χ2n) is 4.85. The van der Waals surface area contributed by atoms with Crippen molar-refractivity contribution in [2.75, 3.05) is 13.2 Å². The minimum atomic E-state index is -0.479. The molecule has 0 heterocycles. The molecule has 5 heteroatoms. The summed E-state index contributed by atoms with van der Waals surface area (Å²) in [6.45, 7) is 4.29. The molecule has 0 bridgehead atoms. The summed E-state index contributed by atoms with van der Waals surface area (Å²) in [6, 6.07) is 5.91. The Bertz CT molecular complexity index is 410. The third-order valence-electron chi connectivity index (χ3n) is 2.60. The number of hydrogen-bond donors (Lipinski definition) is 2. The van der Waals surface area contributed by atoms with E-state index in [0.29, 0.717) is 12.5 Å². The number of halogens is 1. The number of carbonyl (C=O) groups is 1. The Morgan fingerprint density at radius 1 is 1.42 bits per heavy atom. The van der Waals surface area contributed by atoms with Crippen LogP contribution in [0.15, 0.2) is 24.3 Å². The first kappa shape index (κ1) is 15.4. The second kappa shape index (κ2) is 7.74. The summed E-state index contributed by atoms with van der Waals surface area (Å²) in [6.07, 6.45) is 0.807. The van der Waals surface area contributed by atoms with Gasteiger partial charge in [0.05, 0.1) is 0 Å².